The highest BCUT2D eigenvalue weighted by molar-refractivity contribution is 7.18. The van der Waals surface area contributed by atoms with E-state index in [1.807, 2.05) is 0 Å². The third-order valence-corrected chi connectivity index (χ3v) is 6.66. The molecule has 5 rings (SSSR count). The fraction of sp³-hybridized carbons (Fsp3) is 0.227. The molecule has 3 heterocycles. The van der Waals surface area contributed by atoms with E-state index < -0.39 is 4.92 Å². The van der Waals surface area contributed by atoms with Gasteiger partial charge in [0.2, 0.25) is 0 Å². The molecule has 0 N–H and O–H groups in total. The summed E-state index contributed by atoms with van der Waals surface area (Å²) in [6.07, 6.45) is 6.89. The first-order chi connectivity index (χ1) is 15.5. The summed E-state index contributed by atoms with van der Waals surface area (Å²) in [4.78, 5) is 30.3. The van der Waals surface area contributed by atoms with E-state index in [0.29, 0.717) is 28.2 Å². The number of rotatable bonds is 5. The Morgan fingerprint density at radius 3 is 2.94 bits per heavy atom. The largest absolute Gasteiger partial charge is 0.497 e. The molecule has 0 bridgehead atoms. The summed E-state index contributed by atoms with van der Waals surface area (Å²) in [5.41, 5.74) is 1.09. The topological polar surface area (TPSA) is 113 Å². The van der Waals surface area contributed by atoms with Crippen molar-refractivity contribution in [3.05, 3.63) is 73.3 Å². The molecule has 9 nitrogen and oxygen atoms in total. The quantitative estimate of drug-likeness (QED) is 0.253. The summed E-state index contributed by atoms with van der Waals surface area (Å²) in [6.45, 7) is 0. The Hall–Kier alpha value is -3.79. The van der Waals surface area contributed by atoms with E-state index in [9.17, 15) is 14.9 Å². The summed E-state index contributed by atoms with van der Waals surface area (Å²) in [5, 5.41) is 16.3. The minimum absolute atomic E-state index is 0.129. The molecule has 162 valence electrons. The lowest BCUT2D eigenvalue weighted by Gasteiger charge is -2.09. The lowest BCUT2D eigenvalue weighted by molar-refractivity contribution is -0.384. The van der Waals surface area contributed by atoms with Crippen molar-refractivity contribution in [1.29, 1.82) is 0 Å². The number of methoxy groups -OCH3 is 1. The molecule has 0 unspecified atom stereocenters. The summed E-state index contributed by atoms with van der Waals surface area (Å²) in [5.74, 6) is 1.05. The first-order valence-electron chi connectivity index (χ1n) is 10.0. The summed E-state index contributed by atoms with van der Waals surface area (Å²) in [7, 11) is 1.44. The summed E-state index contributed by atoms with van der Waals surface area (Å²) < 4.78 is 12.0. The third kappa shape index (κ3) is 3.48. The molecular weight excluding hydrogens is 432 g/mol. The highest BCUT2D eigenvalue weighted by Crippen LogP contribution is 2.34. The number of aromatic nitrogens is 2. The van der Waals surface area contributed by atoms with Gasteiger partial charge in [-0.3, -0.25) is 14.9 Å². The molecule has 0 aliphatic heterocycles. The van der Waals surface area contributed by atoms with Crippen LogP contribution in [-0.2, 0) is 12.8 Å². The SMILES string of the molecule is COc1ccc(-c2ccc(C=Nn3cnc4sc5c(c4c3=O)CCCC5)o2)c([N+](=O)[O-])c1. The van der Waals surface area contributed by atoms with E-state index in [0.717, 1.165) is 36.1 Å². The predicted octanol–water partition coefficient (Wildman–Crippen LogP) is 4.40. The lowest BCUT2D eigenvalue weighted by Crippen LogP contribution is -2.17. The van der Waals surface area contributed by atoms with Gasteiger partial charge in [-0.05, 0) is 55.5 Å². The van der Waals surface area contributed by atoms with Gasteiger partial charge in [0.1, 0.15) is 28.4 Å². The van der Waals surface area contributed by atoms with Crippen molar-refractivity contribution < 1.29 is 14.1 Å². The lowest BCUT2D eigenvalue weighted by atomic mass is 9.97. The molecule has 0 amide bonds. The van der Waals surface area contributed by atoms with Crippen molar-refractivity contribution in [2.24, 2.45) is 5.10 Å². The Bertz CT molecular complexity index is 1430. The van der Waals surface area contributed by atoms with Crippen LogP contribution in [0.5, 0.6) is 5.75 Å². The monoisotopic (exact) mass is 450 g/mol. The van der Waals surface area contributed by atoms with Crippen LogP contribution in [0.25, 0.3) is 21.5 Å². The van der Waals surface area contributed by atoms with E-state index >= 15 is 0 Å². The number of nitro benzene ring substituents is 1. The predicted molar refractivity (Wildman–Crippen MR) is 121 cm³/mol. The Balaban J connectivity index is 1.47. The number of thiophene rings is 1. The van der Waals surface area contributed by atoms with Gasteiger partial charge in [-0.1, -0.05) is 0 Å². The molecule has 32 heavy (non-hydrogen) atoms. The molecule has 0 spiro atoms. The molecule has 4 aromatic rings. The molecule has 1 aliphatic rings. The highest BCUT2D eigenvalue weighted by Gasteiger charge is 2.21. The van der Waals surface area contributed by atoms with E-state index in [-0.39, 0.29) is 11.2 Å². The average Bonchev–Trinajstić information content (AvgIpc) is 3.43. The molecule has 0 radical (unpaired) electrons. The fourth-order valence-electron chi connectivity index (χ4n) is 3.90. The number of fused-ring (bicyclic) bond motifs is 3. The van der Waals surface area contributed by atoms with Crippen LogP contribution in [0.3, 0.4) is 0 Å². The molecule has 3 aromatic heterocycles. The summed E-state index contributed by atoms with van der Waals surface area (Å²) in [6, 6.07) is 7.79. The number of nitrogens with zero attached hydrogens (tertiary/aromatic N) is 4. The fourth-order valence-corrected chi connectivity index (χ4v) is 5.12. The second kappa shape index (κ2) is 8.04. The first kappa shape index (κ1) is 20.1. The number of benzene rings is 1. The van der Waals surface area contributed by atoms with E-state index in [1.165, 1.54) is 35.3 Å². The Kier molecular flexibility index (Phi) is 5.06. The Morgan fingerprint density at radius 1 is 1.28 bits per heavy atom. The maximum atomic E-state index is 13.0. The smallest absolute Gasteiger partial charge is 0.284 e. The molecule has 0 atom stereocenters. The van der Waals surface area contributed by atoms with Crippen LogP contribution in [0.4, 0.5) is 5.69 Å². The molecule has 0 saturated heterocycles. The third-order valence-electron chi connectivity index (χ3n) is 5.46. The number of hydrogen-bond donors (Lipinski definition) is 0. The summed E-state index contributed by atoms with van der Waals surface area (Å²) >= 11 is 1.59. The van der Waals surface area contributed by atoms with Gasteiger partial charge in [-0.15, -0.1) is 11.3 Å². The van der Waals surface area contributed by atoms with Crippen molar-refractivity contribution in [3.8, 4) is 17.1 Å². The van der Waals surface area contributed by atoms with E-state index in [4.69, 9.17) is 9.15 Å². The van der Waals surface area contributed by atoms with Gasteiger partial charge in [-0.2, -0.15) is 9.78 Å². The first-order valence-corrected chi connectivity index (χ1v) is 10.9. The van der Waals surface area contributed by atoms with Crippen LogP contribution < -0.4 is 10.3 Å². The van der Waals surface area contributed by atoms with Gasteiger partial charge in [0.25, 0.3) is 11.2 Å². The van der Waals surface area contributed by atoms with Gasteiger partial charge >= 0.3 is 0 Å². The minimum atomic E-state index is -0.490. The van der Waals surface area contributed by atoms with Gasteiger partial charge in [0.05, 0.1) is 35.3 Å². The van der Waals surface area contributed by atoms with Crippen LogP contribution in [0.15, 0.2) is 51.0 Å². The molecule has 0 saturated carbocycles. The number of furan rings is 1. The van der Waals surface area contributed by atoms with E-state index in [1.54, 1.807) is 35.6 Å². The minimum Gasteiger partial charge on any atom is -0.497 e. The van der Waals surface area contributed by atoms with Crippen LogP contribution >= 0.6 is 11.3 Å². The zero-order valence-electron chi connectivity index (χ0n) is 17.1. The second-order valence-corrected chi connectivity index (χ2v) is 8.46. The van der Waals surface area contributed by atoms with Crippen LogP contribution in [0, 0.1) is 10.1 Å². The second-order valence-electron chi connectivity index (χ2n) is 7.37. The normalized spacial score (nSPS) is 13.5. The van der Waals surface area contributed by atoms with Gasteiger partial charge in [0, 0.05) is 4.88 Å². The number of aryl methyl sites for hydroxylation is 2. The molecule has 10 heteroatoms. The standard InChI is InChI=1S/C22H18N4O5S/c1-30-13-6-8-15(17(10-13)26(28)29)18-9-7-14(31-18)11-24-25-12-23-21-20(22(25)27)16-4-2-3-5-19(16)32-21/h6-12H,2-5H2,1H3. The molecule has 1 aliphatic carbocycles. The molecule has 1 aromatic carbocycles. The molecule has 0 fully saturated rings. The van der Waals surface area contributed by atoms with Gasteiger partial charge in [-0.25, -0.2) is 4.98 Å². The van der Waals surface area contributed by atoms with Gasteiger partial charge in [0.15, 0.2) is 0 Å². The number of hydrogen-bond acceptors (Lipinski definition) is 8. The van der Waals surface area contributed by atoms with Crippen molar-refractivity contribution in [1.82, 2.24) is 9.66 Å². The average molecular weight is 450 g/mol. The van der Waals surface area contributed by atoms with Crippen molar-refractivity contribution in [3.63, 3.8) is 0 Å². The van der Waals surface area contributed by atoms with Crippen molar-refractivity contribution >= 4 is 33.5 Å². The van der Waals surface area contributed by atoms with Crippen molar-refractivity contribution in [2.75, 3.05) is 7.11 Å². The van der Waals surface area contributed by atoms with Crippen molar-refractivity contribution in [2.45, 2.75) is 25.7 Å². The maximum absolute atomic E-state index is 13.0. The van der Waals surface area contributed by atoms with Crippen LogP contribution in [-0.4, -0.2) is 27.9 Å². The van der Waals surface area contributed by atoms with Crippen LogP contribution in [0.1, 0.15) is 29.0 Å². The maximum Gasteiger partial charge on any atom is 0.284 e. The van der Waals surface area contributed by atoms with E-state index in [2.05, 4.69) is 10.1 Å². The number of nitro groups is 1. The number of ether oxygens (including phenoxy) is 1. The Labute approximate surface area is 185 Å². The Morgan fingerprint density at radius 2 is 2.12 bits per heavy atom. The van der Waals surface area contributed by atoms with Crippen LogP contribution in [0.2, 0.25) is 0 Å². The zero-order chi connectivity index (χ0) is 22.2. The zero-order valence-corrected chi connectivity index (χ0v) is 17.9. The highest BCUT2D eigenvalue weighted by atomic mass is 32.1. The molecular formula is C22H18N4O5S. The van der Waals surface area contributed by atoms with Gasteiger partial charge < -0.3 is 9.15 Å².